The Morgan fingerprint density at radius 2 is 1.61 bits per heavy atom. The molecular formula is C30H36N3O3+. The summed E-state index contributed by atoms with van der Waals surface area (Å²) in [5.74, 6) is 1.48. The van der Waals surface area contributed by atoms with Crippen LogP contribution in [0, 0.1) is 5.92 Å². The Morgan fingerprint density at radius 1 is 0.972 bits per heavy atom. The van der Waals surface area contributed by atoms with Crippen molar-refractivity contribution in [2.75, 3.05) is 19.8 Å². The molecule has 0 unspecified atom stereocenters. The number of amides is 1. The molecule has 1 aliphatic heterocycles. The molecule has 0 radical (unpaired) electrons. The highest BCUT2D eigenvalue weighted by Gasteiger charge is 2.53. The number of nitrogens with zero attached hydrogens (tertiary/aromatic N) is 2. The monoisotopic (exact) mass is 486 g/mol. The molecule has 2 heterocycles. The van der Waals surface area contributed by atoms with E-state index >= 15 is 0 Å². The van der Waals surface area contributed by atoms with Gasteiger partial charge in [-0.3, -0.25) is 4.79 Å². The predicted octanol–water partition coefficient (Wildman–Crippen LogP) is 3.98. The highest BCUT2D eigenvalue weighted by Crippen LogP contribution is 2.50. The van der Waals surface area contributed by atoms with Crippen LogP contribution in [0.5, 0.6) is 0 Å². The maximum Gasteiger partial charge on any atom is 0.228 e. The number of aromatic nitrogens is 2. The van der Waals surface area contributed by atoms with Crippen LogP contribution in [0.25, 0.3) is 0 Å². The zero-order chi connectivity index (χ0) is 24.6. The zero-order valence-corrected chi connectivity index (χ0v) is 20.8. The van der Waals surface area contributed by atoms with E-state index in [2.05, 4.69) is 45.8 Å². The van der Waals surface area contributed by atoms with Crippen molar-refractivity contribution in [2.45, 2.75) is 61.5 Å². The highest BCUT2D eigenvalue weighted by molar-refractivity contribution is 5.87. The molecule has 36 heavy (non-hydrogen) atoms. The van der Waals surface area contributed by atoms with E-state index in [1.165, 1.54) is 18.4 Å². The standard InChI is InChI=1S/C30H35N3O3/c31-26(34)29(25-9-5-2-6-10-25)13-15-30(16-14-29,27-32-17-18-33(27)19-23-11-12-23)36-22-28(20-35-21-28)24-7-3-1-4-8-24/h1-10,17-18,23H,11-16,19-22H2,(H2,31,34)/p+1. The zero-order valence-electron chi connectivity index (χ0n) is 20.8. The van der Waals surface area contributed by atoms with Gasteiger partial charge in [-0.2, -0.15) is 0 Å². The number of rotatable bonds is 9. The van der Waals surface area contributed by atoms with Crippen LogP contribution in [0.3, 0.4) is 0 Å². The second-order valence-corrected chi connectivity index (χ2v) is 11.1. The number of hydrogen-bond donors (Lipinski definition) is 1. The molecule has 3 N–H and O–H groups in total. The van der Waals surface area contributed by atoms with Gasteiger partial charge in [-0.1, -0.05) is 60.7 Å². The average molecular weight is 487 g/mol. The quantitative estimate of drug-likeness (QED) is 0.465. The summed E-state index contributed by atoms with van der Waals surface area (Å²) in [6.07, 6.45) is 9.25. The van der Waals surface area contributed by atoms with Crippen LogP contribution in [0.15, 0.2) is 73.1 Å². The maximum absolute atomic E-state index is 12.9. The largest absolute Gasteiger partial charge is 0.432 e. The van der Waals surface area contributed by atoms with Crippen molar-refractivity contribution >= 4 is 5.91 Å². The van der Waals surface area contributed by atoms with Crippen LogP contribution in [0.4, 0.5) is 0 Å². The molecule has 0 bridgehead atoms. The van der Waals surface area contributed by atoms with Crippen LogP contribution in [0.2, 0.25) is 0 Å². The van der Waals surface area contributed by atoms with Gasteiger partial charge in [0.25, 0.3) is 0 Å². The molecule has 6 nitrogen and oxygen atoms in total. The second kappa shape index (κ2) is 9.16. The van der Waals surface area contributed by atoms with Crippen molar-refractivity contribution in [3.05, 3.63) is 90.0 Å². The highest BCUT2D eigenvalue weighted by atomic mass is 16.5. The number of benzene rings is 2. The molecule has 0 atom stereocenters. The van der Waals surface area contributed by atoms with E-state index in [1.54, 1.807) is 0 Å². The third kappa shape index (κ3) is 4.06. The molecular weight excluding hydrogens is 450 g/mol. The second-order valence-electron chi connectivity index (χ2n) is 11.1. The van der Waals surface area contributed by atoms with Gasteiger partial charge < -0.3 is 19.8 Å². The van der Waals surface area contributed by atoms with E-state index in [1.807, 2.05) is 36.5 Å². The molecule has 6 rings (SSSR count). The first-order chi connectivity index (χ1) is 17.6. The Labute approximate surface area is 212 Å². The number of imidazole rings is 1. The number of ether oxygens (including phenoxy) is 2. The summed E-state index contributed by atoms with van der Waals surface area (Å²) in [5.41, 5.74) is 7.04. The fourth-order valence-corrected chi connectivity index (χ4v) is 6.19. The third-order valence-corrected chi connectivity index (χ3v) is 8.82. The van der Waals surface area contributed by atoms with E-state index < -0.39 is 11.0 Å². The van der Waals surface area contributed by atoms with Gasteiger partial charge in [-0.15, -0.1) is 0 Å². The van der Waals surface area contributed by atoms with Crippen LogP contribution < -0.4 is 5.73 Å². The average Bonchev–Trinajstić information content (AvgIpc) is 3.59. The number of hydrogen-bond acceptors (Lipinski definition) is 3. The molecule has 0 spiro atoms. The molecule has 2 aliphatic carbocycles. The Hall–Kier alpha value is -2.96. The van der Waals surface area contributed by atoms with Crippen LogP contribution in [0.1, 0.15) is 55.5 Å². The third-order valence-electron chi connectivity index (χ3n) is 8.82. The van der Waals surface area contributed by atoms with Crippen molar-refractivity contribution in [1.29, 1.82) is 0 Å². The van der Waals surface area contributed by atoms with E-state index in [-0.39, 0.29) is 11.3 Å². The molecule has 2 saturated carbocycles. The summed E-state index contributed by atoms with van der Waals surface area (Å²) in [6.45, 7) is 3.13. The summed E-state index contributed by atoms with van der Waals surface area (Å²) in [5, 5.41) is 0. The number of carbonyl (C=O) groups excluding carboxylic acids is 1. The normalized spacial score (nSPS) is 27.3. The fourth-order valence-electron chi connectivity index (χ4n) is 6.19. The van der Waals surface area contributed by atoms with Gasteiger partial charge in [0.2, 0.25) is 5.91 Å². The molecule has 2 aromatic carbocycles. The Bertz CT molecular complexity index is 1190. The number of nitrogens with two attached hydrogens (primary N) is 1. The van der Waals surface area contributed by atoms with E-state index in [0.717, 1.165) is 37.1 Å². The van der Waals surface area contributed by atoms with Crippen LogP contribution in [-0.4, -0.2) is 40.0 Å². The van der Waals surface area contributed by atoms with Crippen molar-refractivity contribution in [3.8, 4) is 0 Å². The predicted molar refractivity (Wildman–Crippen MR) is 138 cm³/mol. The molecule has 1 aromatic heterocycles. The Balaban J connectivity index is 1.32. The van der Waals surface area contributed by atoms with Crippen molar-refractivity contribution in [1.82, 2.24) is 9.55 Å². The molecule has 3 fully saturated rings. The summed E-state index contributed by atoms with van der Waals surface area (Å²) in [6, 6.07) is 20.6. The topological polar surface area (TPSA) is 82.9 Å². The first-order valence-electron chi connectivity index (χ1n) is 13.3. The van der Waals surface area contributed by atoms with Crippen molar-refractivity contribution in [3.63, 3.8) is 0 Å². The first-order valence-corrected chi connectivity index (χ1v) is 13.3. The van der Waals surface area contributed by atoms with Gasteiger partial charge in [-0.05, 0) is 55.6 Å². The fraction of sp³-hybridized carbons (Fsp3) is 0.467. The molecule has 3 aliphatic rings. The summed E-state index contributed by atoms with van der Waals surface area (Å²) in [4.78, 5) is 17.8. The van der Waals surface area contributed by atoms with Gasteiger partial charge in [0, 0.05) is 18.9 Å². The van der Waals surface area contributed by atoms with Gasteiger partial charge in [0.05, 0.1) is 12.0 Å². The number of aliphatic hydroxyl groups is 2. The lowest BCUT2D eigenvalue weighted by atomic mass is 9.64. The van der Waals surface area contributed by atoms with Gasteiger partial charge in [0.1, 0.15) is 11.4 Å². The smallest absolute Gasteiger partial charge is 0.228 e. The summed E-state index contributed by atoms with van der Waals surface area (Å²) < 4.78 is 13.9. The number of carbonyl (C=O) groups is 1. The van der Waals surface area contributed by atoms with Crippen molar-refractivity contribution in [2.24, 2.45) is 11.7 Å². The molecule has 3 aromatic rings. The van der Waals surface area contributed by atoms with Crippen LogP contribution >= 0.6 is 0 Å². The lowest BCUT2D eigenvalue weighted by molar-refractivity contribution is -0.229. The Morgan fingerprint density at radius 3 is 2.17 bits per heavy atom. The maximum atomic E-state index is 12.9. The molecule has 6 heteroatoms. The summed E-state index contributed by atoms with van der Waals surface area (Å²) in [7, 11) is 0. The van der Waals surface area contributed by atoms with E-state index in [4.69, 9.17) is 15.5 Å². The van der Waals surface area contributed by atoms with Gasteiger partial charge >= 0.3 is 0 Å². The molecule has 188 valence electrons. The summed E-state index contributed by atoms with van der Waals surface area (Å²) >= 11 is 0. The number of primary amides is 1. The Kier molecular flexibility index (Phi) is 5.97. The SMILES string of the molecule is NC(=O)C1(c2ccccc2)CCC(OCC2(c3ccccc3)C[OH+]C2)(c2nccn2CC2CC2)CC1. The van der Waals surface area contributed by atoms with Crippen molar-refractivity contribution < 1.29 is 14.3 Å². The van der Waals surface area contributed by atoms with Gasteiger partial charge in [-0.25, -0.2) is 4.98 Å². The minimum Gasteiger partial charge on any atom is -0.432 e. The lowest BCUT2D eigenvalue weighted by Crippen LogP contribution is -2.55. The van der Waals surface area contributed by atoms with Crippen LogP contribution in [-0.2, 0) is 32.5 Å². The van der Waals surface area contributed by atoms with E-state index in [9.17, 15) is 4.79 Å². The van der Waals surface area contributed by atoms with Gasteiger partial charge in [0.15, 0.2) is 18.6 Å². The lowest BCUT2D eigenvalue weighted by Gasteiger charge is -2.47. The minimum atomic E-state index is -0.676. The minimum absolute atomic E-state index is 0.0974. The molecule has 1 saturated heterocycles. The first kappa shape index (κ1) is 23.4. The molecule has 1 amide bonds. The van der Waals surface area contributed by atoms with E-state index in [0.29, 0.717) is 32.3 Å².